The molecule has 0 spiro atoms. The van der Waals surface area contributed by atoms with E-state index in [1.807, 2.05) is 32.0 Å². The minimum Gasteiger partial charge on any atom is -0.369 e. The average Bonchev–Trinajstić information content (AvgIpc) is 2.45. The number of piperazine rings is 1. The Morgan fingerprint density at radius 1 is 1.29 bits per heavy atom. The Morgan fingerprint density at radius 2 is 2.00 bits per heavy atom. The first-order valence-corrected chi connectivity index (χ1v) is 7.94. The second kappa shape index (κ2) is 7.66. The molecule has 1 saturated heterocycles. The molecule has 1 amide bonds. The van der Waals surface area contributed by atoms with Gasteiger partial charge in [-0.15, -0.1) is 0 Å². The third-order valence-corrected chi connectivity index (χ3v) is 3.89. The summed E-state index contributed by atoms with van der Waals surface area (Å²) in [7, 11) is 0. The molecule has 4 nitrogen and oxygen atoms in total. The van der Waals surface area contributed by atoms with Gasteiger partial charge in [0, 0.05) is 55.9 Å². The van der Waals surface area contributed by atoms with E-state index in [4.69, 9.17) is 11.6 Å². The van der Waals surface area contributed by atoms with Gasteiger partial charge in [0.2, 0.25) is 5.91 Å². The number of hydrogen-bond donors (Lipinski definition) is 1. The molecule has 1 N–H and O–H groups in total. The predicted octanol–water partition coefficient (Wildman–Crippen LogP) is 2.38. The number of anilines is 1. The molecule has 0 aliphatic carbocycles. The van der Waals surface area contributed by atoms with Gasteiger partial charge in [-0.05, 0) is 32.0 Å². The summed E-state index contributed by atoms with van der Waals surface area (Å²) in [5.74, 6) is 0.141. The molecule has 1 fully saturated rings. The quantitative estimate of drug-likeness (QED) is 0.907. The summed E-state index contributed by atoms with van der Waals surface area (Å²) >= 11 is 6.04. The van der Waals surface area contributed by atoms with Gasteiger partial charge in [-0.3, -0.25) is 9.69 Å². The number of hydrogen-bond acceptors (Lipinski definition) is 3. The van der Waals surface area contributed by atoms with Crippen LogP contribution in [-0.2, 0) is 4.79 Å². The zero-order valence-electron chi connectivity index (χ0n) is 12.8. The van der Waals surface area contributed by atoms with Gasteiger partial charge in [0.15, 0.2) is 0 Å². The zero-order valence-corrected chi connectivity index (χ0v) is 13.6. The zero-order chi connectivity index (χ0) is 15.2. The van der Waals surface area contributed by atoms with Crippen molar-refractivity contribution in [3.05, 3.63) is 29.3 Å². The van der Waals surface area contributed by atoms with Crippen LogP contribution >= 0.6 is 11.6 Å². The molecular weight excluding hydrogens is 286 g/mol. The number of carbonyl (C=O) groups is 1. The SMILES string of the molecule is CC(C)NC(=O)CCN1CCN(c2cccc(Cl)c2)CC1. The topological polar surface area (TPSA) is 35.6 Å². The molecule has 5 heteroatoms. The minimum absolute atomic E-state index is 0.141. The summed E-state index contributed by atoms with van der Waals surface area (Å²) in [6.45, 7) is 8.74. The lowest BCUT2D eigenvalue weighted by atomic mass is 10.2. The fourth-order valence-electron chi connectivity index (χ4n) is 2.56. The number of amides is 1. The van der Waals surface area contributed by atoms with Gasteiger partial charge in [-0.1, -0.05) is 17.7 Å². The third kappa shape index (κ3) is 5.21. The van der Waals surface area contributed by atoms with Crippen molar-refractivity contribution in [3.63, 3.8) is 0 Å². The molecule has 0 bridgehead atoms. The molecule has 1 aliphatic heterocycles. The van der Waals surface area contributed by atoms with Crippen molar-refractivity contribution >= 4 is 23.2 Å². The van der Waals surface area contributed by atoms with Crippen LogP contribution in [0.1, 0.15) is 20.3 Å². The van der Waals surface area contributed by atoms with Crippen LogP contribution in [0.2, 0.25) is 5.02 Å². The van der Waals surface area contributed by atoms with Crippen molar-refractivity contribution in [1.82, 2.24) is 10.2 Å². The first-order chi connectivity index (χ1) is 10.0. The van der Waals surface area contributed by atoms with Gasteiger partial charge in [0.1, 0.15) is 0 Å². The molecule has 0 aromatic heterocycles. The van der Waals surface area contributed by atoms with E-state index >= 15 is 0 Å². The lowest BCUT2D eigenvalue weighted by Gasteiger charge is -2.36. The largest absolute Gasteiger partial charge is 0.369 e. The maximum atomic E-state index is 11.7. The summed E-state index contributed by atoms with van der Waals surface area (Å²) in [4.78, 5) is 16.3. The molecule has 0 radical (unpaired) electrons. The van der Waals surface area contributed by atoms with E-state index in [0.717, 1.165) is 37.7 Å². The van der Waals surface area contributed by atoms with Crippen LogP contribution < -0.4 is 10.2 Å². The monoisotopic (exact) mass is 309 g/mol. The van der Waals surface area contributed by atoms with E-state index in [0.29, 0.717) is 6.42 Å². The molecule has 1 heterocycles. The Kier molecular flexibility index (Phi) is 5.88. The number of rotatable bonds is 5. The van der Waals surface area contributed by atoms with Crippen molar-refractivity contribution in [2.45, 2.75) is 26.3 Å². The van der Waals surface area contributed by atoms with Crippen molar-refractivity contribution in [2.24, 2.45) is 0 Å². The molecule has 0 saturated carbocycles. The highest BCUT2D eigenvalue weighted by Crippen LogP contribution is 2.20. The van der Waals surface area contributed by atoms with Gasteiger partial charge in [-0.2, -0.15) is 0 Å². The lowest BCUT2D eigenvalue weighted by Crippen LogP contribution is -2.47. The number of nitrogens with one attached hydrogen (secondary N) is 1. The highest BCUT2D eigenvalue weighted by molar-refractivity contribution is 6.30. The summed E-state index contributed by atoms with van der Waals surface area (Å²) in [5, 5.41) is 3.71. The Morgan fingerprint density at radius 3 is 2.62 bits per heavy atom. The van der Waals surface area contributed by atoms with Gasteiger partial charge in [-0.25, -0.2) is 0 Å². The minimum atomic E-state index is 0.141. The average molecular weight is 310 g/mol. The van der Waals surface area contributed by atoms with Crippen LogP contribution in [0.3, 0.4) is 0 Å². The van der Waals surface area contributed by atoms with Crippen LogP contribution in [-0.4, -0.2) is 49.6 Å². The molecule has 21 heavy (non-hydrogen) atoms. The Labute approximate surface area is 132 Å². The van der Waals surface area contributed by atoms with Gasteiger partial charge in [0.05, 0.1) is 0 Å². The highest BCUT2D eigenvalue weighted by atomic mass is 35.5. The second-order valence-electron chi connectivity index (χ2n) is 5.78. The Balaban J connectivity index is 1.74. The lowest BCUT2D eigenvalue weighted by molar-refractivity contribution is -0.121. The fourth-order valence-corrected chi connectivity index (χ4v) is 2.74. The summed E-state index contributed by atoms with van der Waals surface area (Å²) in [6, 6.07) is 8.21. The first-order valence-electron chi connectivity index (χ1n) is 7.57. The maximum absolute atomic E-state index is 11.7. The maximum Gasteiger partial charge on any atom is 0.221 e. The molecule has 1 aromatic rings. The molecule has 1 aromatic carbocycles. The predicted molar refractivity (Wildman–Crippen MR) is 88.0 cm³/mol. The van der Waals surface area contributed by atoms with Crippen molar-refractivity contribution in [2.75, 3.05) is 37.6 Å². The molecule has 1 aliphatic rings. The van der Waals surface area contributed by atoms with Crippen LogP contribution in [0.15, 0.2) is 24.3 Å². The van der Waals surface area contributed by atoms with Gasteiger partial charge in [0.25, 0.3) is 0 Å². The second-order valence-corrected chi connectivity index (χ2v) is 6.22. The van der Waals surface area contributed by atoms with Gasteiger partial charge >= 0.3 is 0 Å². The van der Waals surface area contributed by atoms with E-state index in [1.54, 1.807) is 0 Å². The molecular formula is C16H24ClN3O. The Bertz CT molecular complexity index is 470. The summed E-state index contributed by atoms with van der Waals surface area (Å²) in [5.41, 5.74) is 1.18. The summed E-state index contributed by atoms with van der Waals surface area (Å²) in [6.07, 6.45) is 0.579. The van der Waals surface area contributed by atoms with Crippen molar-refractivity contribution in [3.8, 4) is 0 Å². The first kappa shape index (κ1) is 16.1. The van der Waals surface area contributed by atoms with E-state index in [2.05, 4.69) is 21.2 Å². The number of carbonyl (C=O) groups excluding carboxylic acids is 1. The van der Waals surface area contributed by atoms with Crippen LogP contribution in [0.5, 0.6) is 0 Å². The third-order valence-electron chi connectivity index (χ3n) is 3.65. The molecule has 0 unspecified atom stereocenters. The van der Waals surface area contributed by atoms with E-state index in [9.17, 15) is 4.79 Å². The number of nitrogens with zero attached hydrogens (tertiary/aromatic N) is 2. The standard InChI is InChI=1S/C16H24ClN3O/c1-13(2)18-16(21)6-7-19-8-10-20(11-9-19)15-5-3-4-14(17)12-15/h3-5,12-13H,6-11H2,1-2H3,(H,18,21). The Hall–Kier alpha value is -1.26. The molecule has 2 rings (SSSR count). The van der Waals surface area contributed by atoms with Crippen LogP contribution in [0, 0.1) is 0 Å². The number of halogens is 1. The smallest absolute Gasteiger partial charge is 0.221 e. The van der Waals surface area contributed by atoms with Crippen molar-refractivity contribution in [1.29, 1.82) is 0 Å². The highest BCUT2D eigenvalue weighted by Gasteiger charge is 2.18. The van der Waals surface area contributed by atoms with Crippen LogP contribution in [0.4, 0.5) is 5.69 Å². The summed E-state index contributed by atoms with van der Waals surface area (Å²) < 4.78 is 0. The molecule has 116 valence electrons. The fraction of sp³-hybridized carbons (Fsp3) is 0.562. The molecule has 0 atom stereocenters. The van der Waals surface area contributed by atoms with E-state index in [-0.39, 0.29) is 11.9 Å². The number of benzene rings is 1. The van der Waals surface area contributed by atoms with Crippen molar-refractivity contribution < 1.29 is 4.79 Å². The normalized spacial score (nSPS) is 16.3. The van der Waals surface area contributed by atoms with E-state index in [1.165, 1.54) is 5.69 Å². The van der Waals surface area contributed by atoms with Gasteiger partial charge < -0.3 is 10.2 Å². The van der Waals surface area contributed by atoms with E-state index < -0.39 is 0 Å². The van der Waals surface area contributed by atoms with Crippen LogP contribution in [0.25, 0.3) is 0 Å².